The summed E-state index contributed by atoms with van der Waals surface area (Å²) in [6, 6.07) is 3.39. The molecule has 0 spiro atoms. The highest BCUT2D eigenvalue weighted by Gasteiger charge is 2.00. The van der Waals surface area contributed by atoms with E-state index in [1.807, 2.05) is 0 Å². The summed E-state index contributed by atoms with van der Waals surface area (Å²) in [4.78, 5) is 26.1. The molecule has 10 heteroatoms. The van der Waals surface area contributed by atoms with Crippen LogP contribution in [0.4, 0.5) is 0 Å². The van der Waals surface area contributed by atoms with Crippen LogP contribution in [0.1, 0.15) is 0 Å². The lowest BCUT2D eigenvalue weighted by atomic mass is 10.4. The molecule has 82 valence electrons. The van der Waals surface area contributed by atoms with Crippen LogP contribution in [0.5, 0.6) is 0 Å². The molecule has 0 unspecified atom stereocenters. The van der Waals surface area contributed by atoms with Gasteiger partial charge in [-0.3, -0.25) is 0 Å². The third kappa shape index (κ3) is 4.00. The van der Waals surface area contributed by atoms with E-state index in [4.69, 9.17) is 24.5 Å². The zero-order valence-electron chi connectivity index (χ0n) is 7.17. The average Bonchev–Trinajstić information content (AvgIpc) is 2.46. The fourth-order valence-corrected chi connectivity index (χ4v) is 0.755. The molecular formula is C5H7N4O5P. The Balaban J connectivity index is 0.000000195. The molecule has 0 aromatic carbocycles. The first-order valence-corrected chi connectivity index (χ1v) is 5.08. The van der Waals surface area contributed by atoms with Crippen molar-refractivity contribution in [2.45, 2.75) is 0 Å². The molecule has 0 amide bonds. The van der Waals surface area contributed by atoms with E-state index in [9.17, 15) is 0 Å². The molecule has 0 aliphatic heterocycles. The van der Waals surface area contributed by atoms with Crippen LogP contribution in [-0.2, 0) is 4.57 Å². The predicted octanol–water partition coefficient (Wildman–Crippen LogP) is -0.865. The minimum atomic E-state index is -4.64. The van der Waals surface area contributed by atoms with Crippen LogP contribution in [0.2, 0.25) is 0 Å². The fraction of sp³-hybridized carbons (Fsp3) is 0. The van der Waals surface area contributed by atoms with Gasteiger partial charge in [0, 0.05) is 6.20 Å². The van der Waals surface area contributed by atoms with E-state index >= 15 is 0 Å². The molecule has 9 nitrogen and oxygen atoms in total. The molecule has 0 saturated carbocycles. The topological polar surface area (TPSA) is 142 Å². The second kappa shape index (κ2) is 4.32. The summed E-state index contributed by atoms with van der Waals surface area (Å²) in [5.74, 6) is 0. The fourth-order valence-electron chi connectivity index (χ4n) is 0.755. The molecule has 4 N–H and O–H groups in total. The van der Waals surface area contributed by atoms with Gasteiger partial charge in [0.2, 0.25) is 5.65 Å². The molecule has 0 atom stereocenters. The lowest BCUT2D eigenvalue weighted by molar-refractivity contribution is 0.154. The van der Waals surface area contributed by atoms with Crippen molar-refractivity contribution in [3.63, 3.8) is 0 Å². The Bertz CT molecular complexity index is 485. The van der Waals surface area contributed by atoms with E-state index in [1.165, 1.54) is 0 Å². The number of nitrogens with zero attached hydrogens (tertiary/aromatic N) is 4. The van der Waals surface area contributed by atoms with Crippen LogP contribution < -0.4 is 0 Å². The van der Waals surface area contributed by atoms with E-state index < -0.39 is 7.82 Å². The Morgan fingerprint density at radius 2 is 1.93 bits per heavy atom. The standard InChI is InChI=1S/C5H4N4O.H3O4P/c10-9-4-2-1-3-6-5(4)7-8-9;1-5(2,3)4/h1-3,10H;(H3,1,2,3,4). The maximum atomic E-state index is 8.91. The molecule has 0 bridgehead atoms. The van der Waals surface area contributed by atoms with Crippen molar-refractivity contribution in [3.05, 3.63) is 18.3 Å². The summed E-state index contributed by atoms with van der Waals surface area (Å²) in [6.07, 6.45) is 1.59. The maximum absolute atomic E-state index is 8.91. The highest BCUT2D eigenvalue weighted by atomic mass is 31.2. The molecule has 2 aromatic rings. The first-order valence-electron chi connectivity index (χ1n) is 3.52. The van der Waals surface area contributed by atoms with Gasteiger partial charge in [0.05, 0.1) is 0 Å². The maximum Gasteiger partial charge on any atom is 0.466 e. The number of rotatable bonds is 0. The first-order chi connectivity index (χ1) is 6.88. The Hall–Kier alpha value is -1.54. The lowest BCUT2D eigenvalue weighted by Gasteiger charge is -1.85. The van der Waals surface area contributed by atoms with Gasteiger partial charge in [-0.1, -0.05) is 4.85 Å². The summed E-state index contributed by atoms with van der Waals surface area (Å²) in [6.45, 7) is 0. The van der Waals surface area contributed by atoms with Crippen LogP contribution in [0.15, 0.2) is 18.3 Å². The molecule has 0 aliphatic carbocycles. The molecule has 2 rings (SSSR count). The van der Waals surface area contributed by atoms with Gasteiger partial charge in [0.25, 0.3) is 0 Å². The predicted molar refractivity (Wildman–Crippen MR) is 46.8 cm³/mol. The summed E-state index contributed by atoms with van der Waals surface area (Å²) in [5.41, 5.74) is 0.965. The monoisotopic (exact) mass is 234 g/mol. The largest absolute Gasteiger partial charge is 0.466 e. The third-order valence-electron chi connectivity index (χ3n) is 1.21. The molecule has 0 saturated heterocycles. The van der Waals surface area contributed by atoms with Crippen LogP contribution in [0, 0.1) is 0 Å². The number of phosphoric acid groups is 1. The summed E-state index contributed by atoms with van der Waals surface area (Å²) < 4.78 is 8.88. The quantitative estimate of drug-likeness (QED) is 0.340. The summed E-state index contributed by atoms with van der Waals surface area (Å²) in [7, 11) is -4.64. The third-order valence-corrected chi connectivity index (χ3v) is 1.21. The second-order valence-electron chi connectivity index (χ2n) is 2.34. The van der Waals surface area contributed by atoms with Crippen molar-refractivity contribution in [2.75, 3.05) is 0 Å². The van der Waals surface area contributed by atoms with Crippen LogP contribution in [0.3, 0.4) is 0 Å². The van der Waals surface area contributed by atoms with Crippen molar-refractivity contribution < 1.29 is 24.5 Å². The molecule has 0 aliphatic rings. The highest BCUT2D eigenvalue weighted by molar-refractivity contribution is 7.45. The number of hydrogen-bond donors (Lipinski definition) is 4. The number of aromatic nitrogens is 4. The minimum absolute atomic E-state index is 0.449. The molecule has 2 aromatic heterocycles. The van der Waals surface area contributed by atoms with Gasteiger partial charge >= 0.3 is 7.82 Å². The zero-order valence-corrected chi connectivity index (χ0v) is 8.06. The Kier molecular flexibility index (Phi) is 3.32. The zero-order chi connectivity index (χ0) is 11.5. The van der Waals surface area contributed by atoms with Gasteiger partial charge in [0.1, 0.15) is 5.52 Å². The number of fused-ring (bicyclic) bond motifs is 1. The summed E-state index contributed by atoms with van der Waals surface area (Å²) >= 11 is 0. The molecule has 0 radical (unpaired) electrons. The Labute approximate surface area is 82.8 Å². The van der Waals surface area contributed by atoms with Gasteiger partial charge in [-0.2, -0.15) is 0 Å². The Morgan fingerprint density at radius 3 is 2.47 bits per heavy atom. The van der Waals surface area contributed by atoms with Gasteiger partial charge in [-0.15, -0.1) is 5.10 Å². The average molecular weight is 234 g/mol. The van der Waals surface area contributed by atoms with Gasteiger partial charge in [-0.25, -0.2) is 9.55 Å². The molecule has 2 heterocycles. The van der Waals surface area contributed by atoms with Crippen molar-refractivity contribution in [1.29, 1.82) is 0 Å². The van der Waals surface area contributed by atoms with E-state index in [-0.39, 0.29) is 0 Å². The van der Waals surface area contributed by atoms with Gasteiger partial charge in [0.15, 0.2) is 0 Å². The molecular weight excluding hydrogens is 227 g/mol. The van der Waals surface area contributed by atoms with Gasteiger partial charge in [-0.05, 0) is 17.3 Å². The Morgan fingerprint density at radius 1 is 1.33 bits per heavy atom. The van der Waals surface area contributed by atoms with E-state index in [0.29, 0.717) is 16.0 Å². The SMILES string of the molecule is O=P(O)(O)O.On1nnc2ncccc21. The first kappa shape index (κ1) is 11.5. The van der Waals surface area contributed by atoms with E-state index in [1.54, 1.807) is 18.3 Å². The van der Waals surface area contributed by atoms with E-state index in [2.05, 4.69) is 15.3 Å². The van der Waals surface area contributed by atoms with Crippen molar-refractivity contribution in [1.82, 2.24) is 20.1 Å². The van der Waals surface area contributed by atoms with Crippen molar-refractivity contribution in [2.24, 2.45) is 0 Å². The van der Waals surface area contributed by atoms with E-state index in [0.717, 1.165) is 0 Å². The van der Waals surface area contributed by atoms with Crippen molar-refractivity contribution >= 4 is 19.0 Å². The minimum Gasteiger partial charge on any atom is -0.410 e. The van der Waals surface area contributed by atoms with Gasteiger partial charge < -0.3 is 19.9 Å². The van der Waals surface area contributed by atoms with Crippen LogP contribution in [-0.4, -0.2) is 40.0 Å². The van der Waals surface area contributed by atoms with Crippen molar-refractivity contribution in [3.8, 4) is 0 Å². The van der Waals surface area contributed by atoms with Crippen LogP contribution in [0.25, 0.3) is 11.2 Å². The normalized spacial score (nSPS) is 10.9. The lowest BCUT2D eigenvalue weighted by Crippen LogP contribution is -1.90. The summed E-state index contributed by atoms with van der Waals surface area (Å²) in [5, 5.41) is 15.8. The van der Waals surface area contributed by atoms with Crippen LogP contribution >= 0.6 is 7.82 Å². The number of hydrogen-bond acceptors (Lipinski definition) is 5. The smallest absolute Gasteiger partial charge is 0.410 e. The molecule has 15 heavy (non-hydrogen) atoms. The molecule has 0 fully saturated rings. The number of pyridine rings is 1. The second-order valence-corrected chi connectivity index (χ2v) is 3.36. The highest BCUT2D eigenvalue weighted by Crippen LogP contribution is 2.25.